The molecule has 21 heavy (non-hydrogen) atoms. The lowest BCUT2D eigenvalue weighted by atomic mass is 10.1. The van der Waals surface area contributed by atoms with Crippen molar-refractivity contribution in [2.24, 2.45) is 5.10 Å². The number of hydrogen-bond acceptors (Lipinski definition) is 4. The van der Waals surface area contributed by atoms with Crippen LogP contribution in [0, 0.1) is 5.82 Å². The number of halogens is 1. The lowest BCUT2D eigenvalue weighted by Gasteiger charge is -2.03. The number of hydrogen-bond donors (Lipinski definition) is 1. The SMILES string of the molecule is O=C1CN(/N=C\c2ccc(-c3ccccc3F)o2)C(=O)N1. The molecule has 0 spiro atoms. The van der Waals surface area contributed by atoms with Crippen LogP contribution in [0.25, 0.3) is 11.3 Å². The first kappa shape index (κ1) is 13.0. The van der Waals surface area contributed by atoms with Gasteiger partial charge in [0.05, 0.1) is 11.8 Å². The van der Waals surface area contributed by atoms with Gasteiger partial charge in [-0.25, -0.2) is 14.2 Å². The molecule has 1 fully saturated rings. The summed E-state index contributed by atoms with van der Waals surface area (Å²) >= 11 is 0. The number of urea groups is 1. The van der Waals surface area contributed by atoms with Crippen molar-refractivity contribution < 1.29 is 18.4 Å². The smallest absolute Gasteiger partial charge is 0.344 e. The van der Waals surface area contributed by atoms with Crippen LogP contribution in [0.15, 0.2) is 45.9 Å². The van der Waals surface area contributed by atoms with Gasteiger partial charge in [-0.15, -0.1) is 0 Å². The first-order valence-electron chi connectivity index (χ1n) is 6.13. The van der Waals surface area contributed by atoms with E-state index in [9.17, 15) is 14.0 Å². The number of nitrogens with zero attached hydrogens (tertiary/aromatic N) is 2. The predicted octanol–water partition coefficient (Wildman–Crippen LogP) is 1.97. The van der Waals surface area contributed by atoms with Crippen LogP contribution in [0.3, 0.4) is 0 Å². The van der Waals surface area contributed by atoms with E-state index in [2.05, 4.69) is 10.4 Å². The van der Waals surface area contributed by atoms with Crippen molar-refractivity contribution in [2.75, 3.05) is 6.54 Å². The van der Waals surface area contributed by atoms with Gasteiger partial charge in [-0.1, -0.05) is 12.1 Å². The van der Waals surface area contributed by atoms with Crippen LogP contribution in [0.2, 0.25) is 0 Å². The van der Waals surface area contributed by atoms with Crippen molar-refractivity contribution in [1.29, 1.82) is 0 Å². The van der Waals surface area contributed by atoms with E-state index in [-0.39, 0.29) is 12.4 Å². The molecular formula is C14H10FN3O3. The second-order valence-corrected chi connectivity index (χ2v) is 4.34. The molecule has 1 aliphatic heterocycles. The Kier molecular flexibility index (Phi) is 3.23. The van der Waals surface area contributed by atoms with Crippen LogP contribution in [0.5, 0.6) is 0 Å². The van der Waals surface area contributed by atoms with Crippen LogP contribution in [-0.2, 0) is 4.79 Å². The third kappa shape index (κ3) is 2.66. The zero-order valence-electron chi connectivity index (χ0n) is 10.7. The molecule has 1 saturated heterocycles. The summed E-state index contributed by atoms with van der Waals surface area (Å²) in [5.41, 5.74) is 0.339. The molecule has 0 atom stereocenters. The number of carbonyl (C=O) groups is 2. The Bertz CT molecular complexity index is 739. The number of furan rings is 1. The molecule has 0 bridgehead atoms. The first-order chi connectivity index (χ1) is 10.1. The molecule has 7 heteroatoms. The minimum absolute atomic E-state index is 0.129. The van der Waals surface area contributed by atoms with Gasteiger partial charge in [-0.05, 0) is 24.3 Å². The highest BCUT2D eigenvalue weighted by atomic mass is 19.1. The average Bonchev–Trinajstić information content (AvgIpc) is 3.04. The lowest BCUT2D eigenvalue weighted by molar-refractivity contribution is -0.118. The molecule has 3 rings (SSSR count). The molecule has 0 unspecified atom stereocenters. The predicted molar refractivity (Wildman–Crippen MR) is 71.9 cm³/mol. The zero-order chi connectivity index (χ0) is 14.8. The van der Waals surface area contributed by atoms with Crippen molar-refractivity contribution in [2.45, 2.75) is 0 Å². The Balaban J connectivity index is 1.78. The Hall–Kier alpha value is -2.96. The third-order valence-corrected chi connectivity index (χ3v) is 2.86. The van der Waals surface area contributed by atoms with Gasteiger partial charge >= 0.3 is 6.03 Å². The Morgan fingerprint density at radius 1 is 1.24 bits per heavy atom. The fourth-order valence-electron chi connectivity index (χ4n) is 1.88. The number of hydrazone groups is 1. The number of rotatable bonds is 3. The van der Waals surface area contributed by atoms with Gasteiger partial charge < -0.3 is 4.42 Å². The molecule has 6 nitrogen and oxygen atoms in total. The molecule has 1 N–H and O–H groups in total. The number of imide groups is 1. The van der Waals surface area contributed by atoms with Crippen molar-refractivity contribution in [3.05, 3.63) is 48.0 Å². The summed E-state index contributed by atoms with van der Waals surface area (Å²) in [4.78, 5) is 22.3. The van der Waals surface area contributed by atoms with Crippen LogP contribution < -0.4 is 5.32 Å². The number of benzene rings is 1. The van der Waals surface area contributed by atoms with Gasteiger partial charge in [-0.3, -0.25) is 10.1 Å². The van der Waals surface area contributed by atoms with E-state index in [0.717, 1.165) is 5.01 Å². The molecule has 0 radical (unpaired) electrons. The van der Waals surface area contributed by atoms with E-state index in [1.54, 1.807) is 30.3 Å². The topological polar surface area (TPSA) is 74.9 Å². The second-order valence-electron chi connectivity index (χ2n) is 4.34. The van der Waals surface area contributed by atoms with Crippen molar-refractivity contribution in [3.8, 4) is 11.3 Å². The maximum absolute atomic E-state index is 13.6. The van der Waals surface area contributed by atoms with Gasteiger partial charge in [0, 0.05) is 0 Å². The maximum Gasteiger partial charge on any atom is 0.344 e. The van der Waals surface area contributed by atoms with Crippen LogP contribution >= 0.6 is 0 Å². The standard InChI is InChI=1S/C14H10FN3O3/c15-11-4-2-1-3-10(11)12-6-5-9(21-12)7-16-18-8-13(19)17-14(18)20/h1-7H,8H2,(H,17,19,20)/b16-7-. The highest BCUT2D eigenvalue weighted by molar-refractivity contribution is 6.02. The molecule has 106 valence electrons. The number of nitrogens with one attached hydrogen (secondary N) is 1. The first-order valence-corrected chi connectivity index (χ1v) is 6.13. The van der Waals surface area contributed by atoms with E-state index in [4.69, 9.17) is 4.42 Å². The van der Waals surface area contributed by atoms with E-state index < -0.39 is 11.9 Å². The summed E-state index contributed by atoms with van der Waals surface area (Å²) in [6.45, 7) is -0.129. The van der Waals surface area contributed by atoms with E-state index >= 15 is 0 Å². The summed E-state index contributed by atoms with van der Waals surface area (Å²) < 4.78 is 19.1. The molecule has 0 saturated carbocycles. The Labute approximate surface area is 118 Å². The second kappa shape index (κ2) is 5.20. The maximum atomic E-state index is 13.6. The molecule has 0 aliphatic carbocycles. The molecule has 1 aliphatic rings. The summed E-state index contributed by atoms with van der Waals surface area (Å²) in [5, 5.41) is 6.92. The van der Waals surface area contributed by atoms with E-state index in [0.29, 0.717) is 17.1 Å². The summed E-state index contributed by atoms with van der Waals surface area (Å²) in [6, 6.07) is 8.85. The molecule has 1 aromatic carbocycles. The average molecular weight is 287 g/mol. The highest BCUT2D eigenvalue weighted by Crippen LogP contribution is 2.24. The molecule has 1 aromatic heterocycles. The molecular weight excluding hydrogens is 277 g/mol. The van der Waals surface area contributed by atoms with Crippen molar-refractivity contribution in [3.63, 3.8) is 0 Å². The monoisotopic (exact) mass is 287 g/mol. The van der Waals surface area contributed by atoms with Gasteiger partial charge in [0.1, 0.15) is 23.9 Å². The minimum Gasteiger partial charge on any atom is -0.455 e. The summed E-state index contributed by atoms with van der Waals surface area (Å²) in [7, 11) is 0. The lowest BCUT2D eigenvalue weighted by Crippen LogP contribution is -2.24. The molecule has 3 amide bonds. The van der Waals surface area contributed by atoms with Crippen LogP contribution in [0.1, 0.15) is 5.76 Å². The third-order valence-electron chi connectivity index (χ3n) is 2.86. The molecule has 2 aromatic rings. The summed E-state index contributed by atoms with van der Waals surface area (Å²) in [6.07, 6.45) is 1.29. The normalized spacial score (nSPS) is 15.0. The quantitative estimate of drug-likeness (QED) is 0.692. The summed E-state index contributed by atoms with van der Waals surface area (Å²) in [5.74, 6) is -0.0969. The van der Waals surface area contributed by atoms with Crippen LogP contribution in [-0.4, -0.2) is 29.7 Å². The fourth-order valence-corrected chi connectivity index (χ4v) is 1.88. The van der Waals surface area contributed by atoms with Crippen molar-refractivity contribution in [1.82, 2.24) is 10.3 Å². The Morgan fingerprint density at radius 2 is 2.05 bits per heavy atom. The molecule has 2 heterocycles. The van der Waals surface area contributed by atoms with Gasteiger partial charge in [0.25, 0.3) is 0 Å². The number of amides is 3. The van der Waals surface area contributed by atoms with Crippen LogP contribution in [0.4, 0.5) is 9.18 Å². The van der Waals surface area contributed by atoms with Gasteiger partial charge in [-0.2, -0.15) is 5.10 Å². The minimum atomic E-state index is -0.586. The number of carbonyl (C=O) groups excluding carboxylic acids is 2. The Morgan fingerprint density at radius 3 is 2.76 bits per heavy atom. The van der Waals surface area contributed by atoms with E-state index in [1.807, 2.05) is 0 Å². The van der Waals surface area contributed by atoms with Gasteiger partial charge in [0.2, 0.25) is 5.91 Å². The largest absolute Gasteiger partial charge is 0.455 e. The van der Waals surface area contributed by atoms with Crippen molar-refractivity contribution >= 4 is 18.2 Å². The zero-order valence-corrected chi connectivity index (χ0v) is 10.7. The van der Waals surface area contributed by atoms with E-state index in [1.165, 1.54) is 12.3 Å². The fraction of sp³-hybridized carbons (Fsp3) is 0.0714. The highest BCUT2D eigenvalue weighted by Gasteiger charge is 2.26. The van der Waals surface area contributed by atoms with Gasteiger partial charge in [0.15, 0.2) is 0 Å².